The fraction of sp³-hybridized carbons (Fsp3) is 0.0385. The van der Waals surface area contributed by atoms with Gasteiger partial charge in [-0.3, -0.25) is 0 Å². The summed E-state index contributed by atoms with van der Waals surface area (Å²) in [4.78, 5) is 0. The molecule has 256 valence electrons. The SMILES string of the molecule is C=C(/C=c1/ccc(-c2ccccc2)cc1=C)C1=c2cccc/c2=C(c2cc3c(ccc4c5ccccc5oc43)c3c2oc2ccccc23)/C=C/CCC=C1. The molecule has 0 saturated heterocycles. The van der Waals surface area contributed by atoms with E-state index in [0.29, 0.717) is 0 Å². The molecule has 10 rings (SSSR count). The van der Waals surface area contributed by atoms with Crippen LogP contribution in [0.15, 0.2) is 185 Å². The van der Waals surface area contributed by atoms with Crippen molar-refractivity contribution in [3.05, 3.63) is 202 Å². The van der Waals surface area contributed by atoms with E-state index in [1.165, 1.54) is 5.56 Å². The summed E-state index contributed by atoms with van der Waals surface area (Å²) in [5, 5.41) is 10.8. The van der Waals surface area contributed by atoms with Crippen LogP contribution in [0, 0.1) is 0 Å². The number of fused-ring (bicyclic) bond motifs is 10. The van der Waals surface area contributed by atoms with Crippen molar-refractivity contribution in [3.63, 3.8) is 0 Å². The van der Waals surface area contributed by atoms with Gasteiger partial charge in [-0.1, -0.05) is 147 Å². The van der Waals surface area contributed by atoms with E-state index >= 15 is 0 Å². The highest BCUT2D eigenvalue weighted by Crippen LogP contribution is 2.43. The van der Waals surface area contributed by atoms with Gasteiger partial charge >= 0.3 is 0 Å². The Balaban J connectivity index is 1.28. The van der Waals surface area contributed by atoms with E-state index in [1.54, 1.807) is 0 Å². The van der Waals surface area contributed by atoms with Crippen molar-refractivity contribution >= 4 is 78.5 Å². The lowest BCUT2D eigenvalue weighted by Crippen LogP contribution is -2.30. The Hall–Kier alpha value is -6.90. The van der Waals surface area contributed by atoms with Gasteiger partial charge in [-0.2, -0.15) is 0 Å². The lowest BCUT2D eigenvalue weighted by molar-refractivity contribution is 0.667. The highest BCUT2D eigenvalue weighted by molar-refractivity contribution is 6.27. The van der Waals surface area contributed by atoms with Crippen molar-refractivity contribution in [2.24, 2.45) is 0 Å². The Labute approximate surface area is 312 Å². The first-order chi connectivity index (χ1) is 26.6. The topological polar surface area (TPSA) is 26.3 Å². The Kier molecular flexibility index (Phi) is 7.63. The van der Waals surface area contributed by atoms with E-state index in [-0.39, 0.29) is 0 Å². The minimum atomic E-state index is 0.865. The van der Waals surface area contributed by atoms with Gasteiger partial charge < -0.3 is 8.83 Å². The summed E-state index contributed by atoms with van der Waals surface area (Å²) >= 11 is 0. The molecule has 1 aliphatic carbocycles. The third kappa shape index (κ3) is 5.26. The lowest BCUT2D eigenvalue weighted by Gasteiger charge is -2.12. The summed E-state index contributed by atoms with van der Waals surface area (Å²) < 4.78 is 13.5. The minimum absolute atomic E-state index is 0.865. The molecule has 0 radical (unpaired) electrons. The zero-order chi connectivity index (χ0) is 36.2. The molecule has 0 atom stereocenters. The standard InChI is InChI=1S/C52H36O2/c1-33-30-37(35-16-6-5-7-17-35)27-26-36(33)31-34(2)38-18-8-3-4-9-19-41(40-21-11-10-20-39(38)40)46-32-47-43(50-45-23-13-15-25-49(45)54-52(46)50)28-29-44-42-22-12-14-24-48(42)53-51(44)47/h5-32H,1-4H2/b18-8?,19-9+,36-31-,39-38?,41-40+. The van der Waals surface area contributed by atoms with Crippen molar-refractivity contribution in [2.75, 3.05) is 0 Å². The second-order valence-electron chi connectivity index (χ2n) is 14.1. The molecule has 1 aliphatic rings. The number of rotatable bonds is 4. The molecule has 0 bridgehead atoms. The average molecular weight is 693 g/mol. The van der Waals surface area contributed by atoms with E-state index < -0.39 is 0 Å². The van der Waals surface area contributed by atoms with Crippen LogP contribution in [0.2, 0.25) is 0 Å². The zero-order valence-corrected chi connectivity index (χ0v) is 29.8. The Morgan fingerprint density at radius 2 is 1.20 bits per heavy atom. The molecular formula is C52H36O2. The van der Waals surface area contributed by atoms with Crippen LogP contribution in [0.1, 0.15) is 18.4 Å². The zero-order valence-electron chi connectivity index (χ0n) is 29.8. The van der Waals surface area contributed by atoms with Crippen molar-refractivity contribution in [3.8, 4) is 11.1 Å². The van der Waals surface area contributed by atoms with Crippen LogP contribution >= 0.6 is 0 Å². The summed E-state index contributed by atoms with van der Waals surface area (Å²) in [6.45, 7) is 9.10. The first-order valence-electron chi connectivity index (χ1n) is 18.5. The van der Waals surface area contributed by atoms with Gasteiger partial charge in [-0.25, -0.2) is 0 Å². The van der Waals surface area contributed by atoms with Crippen molar-refractivity contribution in [1.82, 2.24) is 0 Å². The van der Waals surface area contributed by atoms with Crippen LogP contribution < -0.4 is 20.9 Å². The van der Waals surface area contributed by atoms with Crippen molar-refractivity contribution in [2.45, 2.75) is 12.8 Å². The number of para-hydroxylation sites is 2. The molecule has 7 aromatic carbocycles. The summed E-state index contributed by atoms with van der Waals surface area (Å²) in [6, 6.07) is 48.9. The van der Waals surface area contributed by atoms with Crippen LogP contribution in [-0.4, -0.2) is 0 Å². The van der Waals surface area contributed by atoms with Crippen LogP contribution in [0.3, 0.4) is 0 Å². The van der Waals surface area contributed by atoms with Crippen molar-refractivity contribution < 1.29 is 8.83 Å². The normalized spacial score (nSPS) is 15.4. The molecule has 2 heteroatoms. The molecule has 0 unspecified atom stereocenters. The summed E-state index contributed by atoms with van der Waals surface area (Å²) in [6.07, 6.45) is 13.0. The summed E-state index contributed by atoms with van der Waals surface area (Å²) in [7, 11) is 0. The Morgan fingerprint density at radius 3 is 2.02 bits per heavy atom. The molecule has 9 aromatic rings. The van der Waals surface area contributed by atoms with Crippen LogP contribution in [-0.2, 0) is 0 Å². The molecule has 0 N–H and O–H groups in total. The molecule has 2 nitrogen and oxygen atoms in total. The van der Waals surface area contributed by atoms with Gasteiger partial charge in [0.25, 0.3) is 0 Å². The van der Waals surface area contributed by atoms with Gasteiger partial charge in [-0.05, 0) is 103 Å². The van der Waals surface area contributed by atoms with Crippen LogP contribution in [0.25, 0.3) is 89.6 Å². The number of hydrogen-bond acceptors (Lipinski definition) is 2. The van der Waals surface area contributed by atoms with Crippen molar-refractivity contribution in [1.29, 1.82) is 0 Å². The van der Waals surface area contributed by atoms with Gasteiger partial charge in [0.2, 0.25) is 0 Å². The fourth-order valence-electron chi connectivity index (χ4n) is 8.15. The predicted molar refractivity (Wildman–Crippen MR) is 228 cm³/mol. The fourth-order valence-corrected chi connectivity index (χ4v) is 8.15. The first kappa shape index (κ1) is 31.8. The molecule has 54 heavy (non-hydrogen) atoms. The Bertz CT molecular complexity index is 3290. The van der Waals surface area contributed by atoms with E-state index in [0.717, 1.165) is 116 Å². The molecule has 2 aromatic heterocycles. The second-order valence-corrected chi connectivity index (χ2v) is 14.1. The number of hydrogen-bond donors (Lipinski definition) is 0. The molecule has 0 fully saturated rings. The molecule has 0 spiro atoms. The van der Waals surface area contributed by atoms with Gasteiger partial charge in [0.1, 0.15) is 22.3 Å². The maximum Gasteiger partial charge on any atom is 0.143 e. The third-order valence-electron chi connectivity index (χ3n) is 10.8. The maximum atomic E-state index is 6.83. The molecule has 0 aliphatic heterocycles. The average Bonchev–Trinajstić information content (AvgIpc) is 3.80. The van der Waals surface area contributed by atoms with E-state index in [1.807, 2.05) is 24.3 Å². The second kappa shape index (κ2) is 12.9. The lowest BCUT2D eigenvalue weighted by atomic mass is 9.91. The quantitative estimate of drug-likeness (QED) is 0.184. The summed E-state index contributed by atoms with van der Waals surface area (Å²) in [5.41, 5.74) is 9.96. The van der Waals surface area contributed by atoms with Gasteiger partial charge in [0, 0.05) is 32.5 Å². The number of furan rings is 2. The molecular weight excluding hydrogens is 657 g/mol. The largest absolute Gasteiger partial charge is 0.455 e. The van der Waals surface area contributed by atoms with Crippen LogP contribution in [0.5, 0.6) is 0 Å². The van der Waals surface area contributed by atoms with Crippen LogP contribution in [0.4, 0.5) is 0 Å². The van der Waals surface area contributed by atoms with Gasteiger partial charge in [0.15, 0.2) is 0 Å². The predicted octanol–water partition coefficient (Wildman–Crippen LogP) is 11.0. The minimum Gasteiger partial charge on any atom is -0.455 e. The summed E-state index contributed by atoms with van der Waals surface area (Å²) in [5.74, 6) is 0. The molecule has 0 saturated carbocycles. The smallest absolute Gasteiger partial charge is 0.143 e. The first-order valence-corrected chi connectivity index (χ1v) is 18.5. The Morgan fingerprint density at radius 1 is 0.537 bits per heavy atom. The highest BCUT2D eigenvalue weighted by atomic mass is 16.3. The number of allylic oxidation sites excluding steroid dienone is 5. The van der Waals surface area contributed by atoms with Gasteiger partial charge in [0.05, 0.1) is 0 Å². The highest BCUT2D eigenvalue weighted by Gasteiger charge is 2.20. The number of benzene rings is 7. The third-order valence-corrected chi connectivity index (χ3v) is 10.8. The van der Waals surface area contributed by atoms with E-state index in [9.17, 15) is 0 Å². The maximum absolute atomic E-state index is 6.83. The van der Waals surface area contributed by atoms with E-state index in [4.69, 9.17) is 8.83 Å². The van der Waals surface area contributed by atoms with E-state index in [2.05, 4.69) is 159 Å². The monoisotopic (exact) mass is 692 g/mol. The molecule has 2 heterocycles. The van der Waals surface area contributed by atoms with Gasteiger partial charge in [-0.15, -0.1) is 0 Å². The molecule has 0 amide bonds.